The van der Waals surface area contributed by atoms with E-state index < -0.39 is 21.8 Å². The van der Waals surface area contributed by atoms with Crippen molar-refractivity contribution in [3.05, 3.63) is 65.2 Å². The molecule has 0 aliphatic carbocycles. The van der Waals surface area contributed by atoms with Crippen molar-refractivity contribution < 1.29 is 21.6 Å². The molecule has 0 radical (unpaired) electrons. The van der Waals surface area contributed by atoms with E-state index in [2.05, 4.69) is 10.0 Å². The minimum atomic E-state index is -4.47. The van der Waals surface area contributed by atoms with E-state index in [9.17, 15) is 21.6 Å². The summed E-state index contributed by atoms with van der Waals surface area (Å²) in [6, 6.07) is 11.0. The van der Waals surface area contributed by atoms with Gasteiger partial charge < -0.3 is 5.32 Å². The van der Waals surface area contributed by atoms with Crippen LogP contribution in [0.4, 0.5) is 13.2 Å². The topological polar surface area (TPSA) is 58.2 Å². The van der Waals surface area contributed by atoms with Crippen molar-refractivity contribution in [1.29, 1.82) is 0 Å². The van der Waals surface area contributed by atoms with Crippen LogP contribution in [0.15, 0.2) is 53.4 Å². The number of benzene rings is 2. The summed E-state index contributed by atoms with van der Waals surface area (Å²) >= 11 is 0. The smallest absolute Gasteiger partial charge is 0.308 e. The molecule has 0 amide bonds. The average molecular weight is 400 g/mol. The fraction of sp³-hybridized carbons (Fsp3) is 0.368. The van der Waals surface area contributed by atoms with E-state index in [0.717, 1.165) is 17.7 Å². The lowest BCUT2D eigenvalue weighted by atomic mass is 10.1. The molecular formula is C19H23F3N2O2S. The molecule has 0 unspecified atom stereocenters. The molecule has 0 aliphatic heterocycles. The van der Waals surface area contributed by atoms with Gasteiger partial charge in [-0.25, -0.2) is 13.1 Å². The summed E-state index contributed by atoms with van der Waals surface area (Å²) in [4.78, 5) is 0.0639. The summed E-state index contributed by atoms with van der Waals surface area (Å²) in [5.74, 6) is 0. The minimum Gasteiger partial charge on any atom is -0.308 e. The van der Waals surface area contributed by atoms with Crippen LogP contribution in [0.2, 0.25) is 0 Å². The molecule has 0 aromatic heterocycles. The Bertz CT molecular complexity index is 871. The highest BCUT2D eigenvalue weighted by molar-refractivity contribution is 7.89. The maximum Gasteiger partial charge on any atom is 0.416 e. The summed E-state index contributed by atoms with van der Waals surface area (Å²) in [6.45, 7) is 6.47. The standard InChI is InChI=1S/C19H23F3N2O2S/c1-18(2,3)23-12-14-7-9-17(10-8-14)27(25,26)24-13-15-5-4-6-16(11-15)19(20,21)22/h4-11,23-24H,12-13H2,1-3H3. The SMILES string of the molecule is CC(C)(C)NCc1ccc(S(=O)(=O)NCc2cccc(C(F)(F)F)c2)cc1. The van der Waals surface area contributed by atoms with Gasteiger partial charge in [-0.15, -0.1) is 0 Å². The fourth-order valence-electron chi connectivity index (χ4n) is 2.27. The molecule has 0 saturated carbocycles. The first kappa shape index (κ1) is 21.4. The molecule has 0 bridgehead atoms. The van der Waals surface area contributed by atoms with Gasteiger partial charge in [-0.05, 0) is 50.1 Å². The third-order valence-corrected chi connectivity index (χ3v) is 5.19. The van der Waals surface area contributed by atoms with Gasteiger partial charge in [0.2, 0.25) is 10.0 Å². The van der Waals surface area contributed by atoms with Gasteiger partial charge in [0.15, 0.2) is 0 Å². The van der Waals surface area contributed by atoms with Gasteiger partial charge >= 0.3 is 6.18 Å². The first-order chi connectivity index (χ1) is 12.4. The quantitative estimate of drug-likeness (QED) is 0.769. The Morgan fingerprint density at radius 2 is 1.52 bits per heavy atom. The Balaban J connectivity index is 2.04. The fourth-order valence-corrected chi connectivity index (χ4v) is 3.29. The van der Waals surface area contributed by atoms with Gasteiger partial charge in [0.05, 0.1) is 10.5 Å². The zero-order valence-corrected chi connectivity index (χ0v) is 16.2. The molecule has 0 atom stereocenters. The van der Waals surface area contributed by atoms with Crippen LogP contribution >= 0.6 is 0 Å². The molecule has 148 valence electrons. The summed E-state index contributed by atoms with van der Waals surface area (Å²) in [5, 5.41) is 3.30. The van der Waals surface area contributed by atoms with E-state index in [1.54, 1.807) is 12.1 Å². The summed E-state index contributed by atoms with van der Waals surface area (Å²) < 4.78 is 65.3. The van der Waals surface area contributed by atoms with E-state index in [4.69, 9.17) is 0 Å². The van der Waals surface area contributed by atoms with Gasteiger partial charge in [0.1, 0.15) is 0 Å². The first-order valence-electron chi connectivity index (χ1n) is 8.37. The Hall–Kier alpha value is -1.90. The highest BCUT2D eigenvalue weighted by Crippen LogP contribution is 2.29. The van der Waals surface area contributed by atoms with Gasteiger partial charge in [-0.2, -0.15) is 13.2 Å². The zero-order valence-electron chi connectivity index (χ0n) is 15.4. The predicted octanol–water partition coefficient (Wildman–Crippen LogP) is 4.07. The maximum atomic E-state index is 12.7. The number of nitrogens with one attached hydrogen (secondary N) is 2. The molecule has 8 heteroatoms. The molecule has 0 spiro atoms. The van der Waals surface area contributed by atoms with E-state index in [1.807, 2.05) is 20.8 Å². The molecule has 27 heavy (non-hydrogen) atoms. The molecule has 0 aliphatic rings. The summed E-state index contributed by atoms with van der Waals surface area (Å²) in [7, 11) is -3.82. The molecule has 0 fully saturated rings. The second-order valence-corrected chi connectivity index (χ2v) is 9.04. The molecule has 2 aromatic carbocycles. The van der Waals surface area contributed by atoms with E-state index in [1.165, 1.54) is 24.3 Å². The van der Waals surface area contributed by atoms with Crippen molar-refractivity contribution in [3.8, 4) is 0 Å². The van der Waals surface area contributed by atoms with Crippen molar-refractivity contribution in [3.63, 3.8) is 0 Å². The van der Waals surface area contributed by atoms with Crippen molar-refractivity contribution in [2.75, 3.05) is 0 Å². The van der Waals surface area contributed by atoms with E-state index >= 15 is 0 Å². The maximum absolute atomic E-state index is 12.7. The lowest BCUT2D eigenvalue weighted by Gasteiger charge is -2.20. The number of sulfonamides is 1. The monoisotopic (exact) mass is 400 g/mol. The third kappa shape index (κ3) is 6.64. The molecule has 2 aromatic rings. The van der Waals surface area contributed by atoms with Crippen LogP contribution < -0.4 is 10.0 Å². The van der Waals surface area contributed by atoms with Crippen molar-refractivity contribution >= 4 is 10.0 Å². The molecule has 0 heterocycles. The van der Waals surface area contributed by atoms with Gasteiger partial charge in [0, 0.05) is 18.6 Å². The number of hydrogen-bond acceptors (Lipinski definition) is 3. The van der Waals surface area contributed by atoms with Gasteiger partial charge in [-0.3, -0.25) is 0 Å². The van der Waals surface area contributed by atoms with Crippen LogP contribution in [-0.4, -0.2) is 14.0 Å². The predicted molar refractivity (Wildman–Crippen MR) is 98.5 cm³/mol. The number of halogens is 3. The van der Waals surface area contributed by atoms with Crippen molar-refractivity contribution in [2.24, 2.45) is 0 Å². The number of alkyl halides is 3. The third-order valence-electron chi connectivity index (χ3n) is 3.78. The van der Waals surface area contributed by atoms with E-state index in [0.29, 0.717) is 6.54 Å². The van der Waals surface area contributed by atoms with Crippen LogP contribution in [0.5, 0.6) is 0 Å². The second kappa shape index (κ2) is 8.00. The zero-order chi connectivity index (χ0) is 20.3. The number of hydrogen-bond donors (Lipinski definition) is 2. The molecule has 0 saturated heterocycles. The van der Waals surface area contributed by atoms with Crippen LogP contribution in [-0.2, 0) is 29.3 Å². The lowest BCUT2D eigenvalue weighted by molar-refractivity contribution is -0.137. The molecule has 4 nitrogen and oxygen atoms in total. The first-order valence-corrected chi connectivity index (χ1v) is 9.85. The Morgan fingerprint density at radius 1 is 0.889 bits per heavy atom. The van der Waals surface area contributed by atoms with Crippen molar-refractivity contribution in [1.82, 2.24) is 10.0 Å². The highest BCUT2D eigenvalue weighted by atomic mass is 32.2. The van der Waals surface area contributed by atoms with Crippen LogP contribution in [0.3, 0.4) is 0 Å². The Morgan fingerprint density at radius 3 is 2.07 bits per heavy atom. The average Bonchev–Trinajstić information content (AvgIpc) is 2.58. The second-order valence-electron chi connectivity index (χ2n) is 7.27. The minimum absolute atomic E-state index is 0.0583. The molecular weight excluding hydrogens is 377 g/mol. The molecule has 2 N–H and O–H groups in total. The van der Waals surface area contributed by atoms with Crippen LogP contribution in [0.25, 0.3) is 0 Å². The Kier molecular flexibility index (Phi) is 6.34. The lowest BCUT2D eigenvalue weighted by Crippen LogP contribution is -2.35. The largest absolute Gasteiger partial charge is 0.416 e. The van der Waals surface area contributed by atoms with Crippen LogP contribution in [0.1, 0.15) is 37.5 Å². The number of rotatable bonds is 6. The highest BCUT2D eigenvalue weighted by Gasteiger charge is 2.30. The van der Waals surface area contributed by atoms with Gasteiger partial charge in [0.25, 0.3) is 0 Å². The van der Waals surface area contributed by atoms with Gasteiger partial charge in [-0.1, -0.05) is 30.3 Å². The van der Waals surface area contributed by atoms with Crippen LogP contribution in [0, 0.1) is 0 Å². The normalized spacial score (nSPS) is 13.0. The molecule has 2 rings (SSSR count). The summed E-state index contributed by atoms with van der Waals surface area (Å²) in [6.07, 6.45) is -4.47. The Labute approximate surface area is 157 Å². The van der Waals surface area contributed by atoms with Crippen molar-refractivity contribution in [2.45, 2.75) is 50.5 Å². The summed E-state index contributed by atoms with van der Waals surface area (Å²) in [5.41, 5.74) is 0.299. The van der Waals surface area contributed by atoms with E-state index in [-0.39, 0.29) is 22.5 Å².